The van der Waals surface area contributed by atoms with Gasteiger partial charge in [0.15, 0.2) is 0 Å². The third-order valence-electron chi connectivity index (χ3n) is 3.43. The molecule has 0 saturated carbocycles. The van der Waals surface area contributed by atoms with Crippen LogP contribution >= 0.6 is 27.7 Å². The van der Waals surface area contributed by atoms with E-state index >= 15 is 0 Å². The Bertz CT molecular complexity index is 948. The summed E-state index contributed by atoms with van der Waals surface area (Å²) in [6.45, 7) is 0. The van der Waals surface area contributed by atoms with Crippen molar-refractivity contribution in [2.24, 2.45) is 0 Å². The van der Waals surface area contributed by atoms with Crippen molar-refractivity contribution in [2.75, 3.05) is 11.1 Å². The summed E-state index contributed by atoms with van der Waals surface area (Å²) in [6.07, 6.45) is -1.92. The van der Waals surface area contributed by atoms with E-state index in [0.29, 0.717) is 5.69 Å². The Hall–Kier alpha value is -2.33. The van der Waals surface area contributed by atoms with Gasteiger partial charge in [0.05, 0.1) is 22.7 Å². The Morgan fingerprint density at radius 3 is 2.70 bits per heavy atom. The van der Waals surface area contributed by atoms with E-state index in [-0.39, 0.29) is 11.4 Å². The first-order valence-corrected chi connectivity index (χ1v) is 9.35. The quantitative estimate of drug-likeness (QED) is 0.561. The highest BCUT2D eigenvalue weighted by atomic mass is 79.9. The lowest BCUT2D eigenvalue weighted by atomic mass is 10.1. The number of hydrogen-bond acceptors (Lipinski definition) is 4. The molecule has 3 aromatic rings. The van der Waals surface area contributed by atoms with E-state index < -0.39 is 17.6 Å². The van der Waals surface area contributed by atoms with Crippen LogP contribution in [-0.2, 0) is 11.0 Å². The number of thioether (sulfide) groups is 1. The van der Waals surface area contributed by atoms with Crippen LogP contribution in [0.25, 0.3) is 5.69 Å². The van der Waals surface area contributed by atoms with E-state index in [1.54, 1.807) is 0 Å². The highest BCUT2D eigenvalue weighted by molar-refractivity contribution is 9.10. The number of aromatic nitrogens is 3. The standard InChI is InChI=1S/C17H12BrF3N4OS/c18-12-2-1-3-13(7-12)27-8-16(26)24-14-6-11(17(19,20)21)4-5-15(14)25-10-22-9-23-25/h1-7,9-10H,8H2,(H,24,26). The minimum Gasteiger partial charge on any atom is -0.323 e. The maximum Gasteiger partial charge on any atom is 0.416 e. The van der Waals surface area contributed by atoms with Gasteiger partial charge >= 0.3 is 6.18 Å². The SMILES string of the molecule is O=C(CSc1cccc(Br)c1)Nc1cc(C(F)(F)F)ccc1-n1cncn1. The zero-order valence-electron chi connectivity index (χ0n) is 13.6. The minimum absolute atomic E-state index is 0.00941. The summed E-state index contributed by atoms with van der Waals surface area (Å²) in [7, 11) is 0. The Kier molecular flexibility index (Phi) is 5.85. The zero-order chi connectivity index (χ0) is 19.4. The van der Waals surface area contributed by atoms with Crippen LogP contribution in [0.5, 0.6) is 0 Å². The fraction of sp³-hybridized carbons (Fsp3) is 0.118. The number of benzene rings is 2. The van der Waals surface area contributed by atoms with Gasteiger partial charge in [0.25, 0.3) is 0 Å². The number of alkyl halides is 3. The van der Waals surface area contributed by atoms with Gasteiger partial charge < -0.3 is 5.32 Å². The summed E-state index contributed by atoms with van der Waals surface area (Å²) >= 11 is 4.62. The molecular formula is C17H12BrF3N4OS. The van der Waals surface area contributed by atoms with Crippen molar-refractivity contribution >= 4 is 39.3 Å². The van der Waals surface area contributed by atoms with Crippen LogP contribution in [0.1, 0.15) is 5.56 Å². The van der Waals surface area contributed by atoms with E-state index in [4.69, 9.17) is 0 Å². The number of amides is 1. The van der Waals surface area contributed by atoms with Crippen molar-refractivity contribution in [2.45, 2.75) is 11.1 Å². The van der Waals surface area contributed by atoms with Crippen LogP contribution in [0.3, 0.4) is 0 Å². The molecule has 0 radical (unpaired) electrons. The molecule has 0 spiro atoms. The van der Waals surface area contributed by atoms with Gasteiger partial charge in [-0.3, -0.25) is 4.79 Å². The van der Waals surface area contributed by atoms with Crippen molar-refractivity contribution in [3.63, 3.8) is 0 Å². The molecule has 2 aromatic carbocycles. The Labute approximate surface area is 165 Å². The average molecular weight is 457 g/mol. The van der Waals surface area contributed by atoms with Crippen LogP contribution < -0.4 is 5.32 Å². The van der Waals surface area contributed by atoms with E-state index in [1.807, 2.05) is 24.3 Å². The lowest BCUT2D eigenvalue weighted by Gasteiger charge is -2.14. The summed E-state index contributed by atoms with van der Waals surface area (Å²) < 4.78 is 41.3. The molecule has 1 amide bonds. The predicted molar refractivity (Wildman–Crippen MR) is 99.9 cm³/mol. The summed E-state index contributed by atoms with van der Waals surface area (Å²) in [5.74, 6) is -0.385. The van der Waals surface area contributed by atoms with Crippen LogP contribution in [0.2, 0.25) is 0 Å². The molecule has 10 heteroatoms. The molecule has 3 rings (SSSR count). The van der Waals surface area contributed by atoms with Gasteiger partial charge in [0.1, 0.15) is 12.7 Å². The number of hydrogen-bond donors (Lipinski definition) is 1. The van der Waals surface area contributed by atoms with E-state index in [1.165, 1.54) is 35.2 Å². The molecule has 0 atom stereocenters. The lowest BCUT2D eigenvalue weighted by Crippen LogP contribution is -2.17. The molecule has 27 heavy (non-hydrogen) atoms. The molecule has 0 saturated heterocycles. The largest absolute Gasteiger partial charge is 0.416 e. The van der Waals surface area contributed by atoms with Crippen LogP contribution in [0.4, 0.5) is 18.9 Å². The maximum atomic E-state index is 13.0. The van der Waals surface area contributed by atoms with E-state index in [9.17, 15) is 18.0 Å². The minimum atomic E-state index is -4.52. The van der Waals surface area contributed by atoms with Crippen molar-refractivity contribution in [1.29, 1.82) is 0 Å². The number of nitrogens with zero attached hydrogens (tertiary/aromatic N) is 3. The lowest BCUT2D eigenvalue weighted by molar-refractivity contribution is -0.137. The summed E-state index contributed by atoms with van der Waals surface area (Å²) in [4.78, 5) is 16.9. The Balaban J connectivity index is 1.80. The molecule has 1 N–H and O–H groups in total. The Morgan fingerprint density at radius 2 is 2.04 bits per heavy atom. The van der Waals surface area contributed by atoms with Crippen LogP contribution in [0, 0.1) is 0 Å². The number of nitrogens with one attached hydrogen (secondary N) is 1. The zero-order valence-corrected chi connectivity index (χ0v) is 16.0. The van der Waals surface area contributed by atoms with E-state index in [0.717, 1.165) is 21.5 Å². The Morgan fingerprint density at radius 1 is 1.22 bits per heavy atom. The molecule has 0 aliphatic carbocycles. The highest BCUT2D eigenvalue weighted by Gasteiger charge is 2.31. The van der Waals surface area contributed by atoms with Crippen LogP contribution in [0.15, 0.2) is 64.5 Å². The molecule has 0 aliphatic heterocycles. The second-order valence-corrected chi connectivity index (χ2v) is 7.33. The first kappa shape index (κ1) is 19.4. The molecule has 0 unspecified atom stereocenters. The molecule has 1 aromatic heterocycles. The van der Waals surface area contributed by atoms with Gasteiger partial charge in [0.2, 0.25) is 5.91 Å². The number of halogens is 4. The molecule has 5 nitrogen and oxygen atoms in total. The number of anilines is 1. The molecule has 140 valence electrons. The molecule has 0 fully saturated rings. The summed E-state index contributed by atoms with van der Waals surface area (Å²) in [6, 6.07) is 10.4. The van der Waals surface area contributed by atoms with Crippen molar-refractivity contribution in [3.8, 4) is 5.69 Å². The van der Waals surface area contributed by atoms with Gasteiger partial charge in [-0.2, -0.15) is 18.3 Å². The average Bonchev–Trinajstić information content (AvgIpc) is 3.13. The summed E-state index contributed by atoms with van der Waals surface area (Å²) in [5.41, 5.74) is -0.558. The summed E-state index contributed by atoms with van der Waals surface area (Å²) in [5, 5.41) is 6.45. The third-order valence-corrected chi connectivity index (χ3v) is 4.92. The second kappa shape index (κ2) is 8.13. The van der Waals surface area contributed by atoms with Gasteiger partial charge in [-0.05, 0) is 36.4 Å². The van der Waals surface area contributed by atoms with Gasteiger partial charge in [-0.25, -0.2) is 9.67 Å². The fourth-order valence-corrected chi connectivity index (χ4v) is 3.54. The van der Waals surface area contributed by atoms with Gasteiger partial charge in [-0.1, -0.05) is 22.0 Å². The van der Waals surface area contributed by atoms with Crippen LogP contribution in [-0.4, -0.2) is 26.4 Å². The number of carbonyl (C=O) groups is 1. The molecule has 1 heterocycles. The second-order valence-electron chi connectivity index (χ2n) is 5.36. The third kappa shape index (κ3) is 5.10. The normalized spacial score (nSPS) is 11.4. The van der Waals surface area contributed by atoms with Gasteiger partial charge in [0, 0.05) is 9.37 Å². The molecular weight excluding hydrogens is 445 g/mol. The van der Waals surface area contributed by atoms with Gasteiger partial charge in [-0.15, -0.1) is 11.8 Å². The molecule has 0 aliphatic rings. The van der Waals surface area contributed by atoms with Crippen molar-refractivity contribution in [3.05, 3.63) is 65.2 Å². The maximum absolute atomic E-state index is 13.0. The topological polar surface area (TPSA) is 59.8 Å². The van der Waals surface area contributed by atoms with Crippen molar-refractivity contribution in [1.82, 2.24) is 14.8 Å². The predicted octanol–water partition coefficient (Wildman–Crippen LogP) is 4.78. The monoisotopic (exact) mass is 456 g/mol. The first-order chi connectivity index (χ1) is 12.8. The van der Waals surface area contributed by atoms with Crippen molar-refractivity contribution < 1.29 is 18.0 Å². The number of rotatable bonds is 5. The van der Waals surface area contributed by atoms with E-state index in [2.05, 4.69) is 31.3 Å². The first-order valence-electron chi connectivity index (χ1n) is 7.57. The molecule has 0 bridgehead atoms. The fourth-order valence-electron chi connectivity index (χ4n) is 2.24. The highest BCUT2D eigenvalue weighted by Crippen LogP contribution is 2.33. The number of carbonyl (C=O) groups excluding carboxylic acids is 1. The smallest absolute Gasteiger partial charge is 0.323 e.